The molecule has 0 atom stereocenters. The molecule has 0 bridgehead atoms. The van der Waals surface area contributed by atoms with Crippen LogP contribution < -0.4 is 0 Å². The molecule has 4 aromatic rings. The Morgan fingerprint density at radius 2 is 1.62 bits per heavy atom. The van der Waals surface area contributed by atoms with Gasteiger partial charge < -0.3 is 0 Å². The van der Waals surface area contributed by atoms with E-state index in [0.29, 0.717) is 0 Å². The second kappa shape index (κ2) is 6.17. The molecular formula is C21H15BrN2. The van der Waals surface area contributed by atoms with Crippen LogP contribution in [0.1, 0.15) is 5.69 Å². The van der Waals surface area contributed by atoms with Crippen LogP contribution in [-0.4, -0.2) is 9.97 Å². The minimum atomic E-state index is 1.02. The van der Waals surface area contributed by atoms with E-state index in [1.54, 1.807) is 0 Å². The first-order chi connectivity index (χ1) is 11.7. The van der Waals surface area contributed by atoms with Crippen LogP contribution in [0.15, 0.2) is 77.7 Å². The Bertz CT molecular complexity index is 1020. The van der Waals surface area contributed by atoms with Crippen LogP contribution in [0.2, 0.25) is 0 Å². The van der Waals surface area contributed by atoms with Crippen LogP contribution in [0.5, 0.6) is 0 Å². The molecular weight excluding hydrogens is 360 g/mol. The van der Waals surface area contributed by atoms with Crippen LogP contribution in [0, 0.1) is 6.92 Å². The molecule has 2 aromatic carbocycles. The SMILES string of the molecule is Cc1ccc(-c2ccc(-c3cccc(Br)c3)c3ccncc23)cn1. The Morgan fingerprint density at radius 3 is 2.38 bits per heavy atom. The lowest BCUT2D eigenvalue weighted by atomic mass is 9.94. The van der Waals surface area contributed by atoms with Gasteiger partial charge in [-0.25, -0.2) is 0 Å². The highest BCUT2D eigenvalue weighted by Gasteiger charge is 2.10. The number of aryl methyl sites for hydroxylation is 1. The molecule has 3 heteroatoms. The van der Waals surface area contributed by atoms with Crippen molar-refractivity contribution in [3.8, 4) is 22.3 Å². The molecule has 0 radical (unpaired) electrons. The lowest BCUT2D eigenvalue weighted by Gasteiger charge is -2.12. The molecule has 0 saturated carbocycles. The van der Waals surface area contributed by atoms with E-state index in [1.165, 1.54) is 16.5 Å². The van der Waals surface area contributed by atoms with Crippen LogP contribution in [0.25, 0.3) is 33.0 Å². The van der Waals surface area contributed by atoms with E-state index in [4.69, 9.17) is 0 Å². The van der Waals surface area contributed by atoms with Crippen molar-refractivity contribution in [2.24, 2.45) is 0 Å². The maximum absolute atomic E-state index is 4.43. The van der Waals surface area contributed by atoms with Crippen molar-refractivity contribution in [1.29, 1.82) is 0 Å². The fourth-order valence-corrected chi connectivity index (χ4v) is 3.38. The number of rotatable bonds is 2. The molecule has 0 aliphatic carbocycles. The highest BCUT2D eigenvalue weighted by Crippen LogP contribution is 2.35. The summed E-state index contributed by atoms with van der Waals surface area (Å²) in [6.45, 7) is 2.00. The average molecular weight is 375 g/mol. The summed E-state index contributed by atoms with van der Waals surface area (Å²) >= 11 is 3.56. The highest BCUT2D eigenvalue weighted by molar-refractivity contribution is 9.10. The monoisotopic (exact) mass is 374 g/mol. The van der Waals surface area contributed by atoms with Crippen molar-refractivity contribution >= 4 is 26.7 Å². The lowest BCUT2D eigenvalue weighted by molar-refractivity contribution is 1.20. The average Bonchev–Trinajstić information content (AvgIpc) is 2.62. The smallest absolute Gasteiger partial charge is 0.0373 e. The summed E-state index contributed by atoms with van der Waals surface area (Å²) in [7, 11) is 0. The Hall–Kier alpha value is -2.52. The van der Waals surface area contributed by atoms with E-state index in [9.17, 15) is 0 Å². The number of fused-ring (bicyclic) bond motifs is 1. The van der Waals surface area contributed by atoms with Crippen molar-refractivity contribution in [3.05, 3.63) is 83.4 Å². The van der Waals surface area contributed by atoms with Crippen LogP contribution in [0.4, 0.5) is 0 Å². The zero-order chi connectivity index (χ0) is 16.5. The van der Waals surface area contributed by atoms with Crippen molar-refractivity contribution in [2.45, 2.75) is 6.92 Å². The summed E-state index contributed by atoms with van der Waals surface area (Å²) in [4.78, 5) is 8.77. The zero-order valence-corrected chi connectivity index (χ0v) is 14.8. The Balaban J connectivity index is 1.97. The molecule has 2 nitrogen and oxygen atoms in total. The minimum Gasteiger partial charge on any atom is -0.264 e. The standard InChI is InChI=1S/C21H15BrN2/c1-14-5-6-16(12-24-14)19-8-7-18(15-3-2-4-17(22)11-15)20-9-10-23-13-21(19)20/h2-13H,1H3. The molecule has 2 aromatic heterocycles. The molecule has 0 aliphatic rings. The molecule has 2 heterocycles. The zero-order valence-electron chi connectivity index (χ0n) is 13.2. The van der Waals surface area contributed by atoms with Crippen molar-refractivity contribution < 1.29 is 0 Å². The second-order valence-electron chi connectivity index (χ2n) is 5.78. The Labute approximate surface area is 149 Å². The number of hydrogen-bond acceptors (Lipinski definition) is 2. The number of benzene rings is 2. The second-order valence-corrected chi connectivity index (χ2v) is 6.70. The number of halogens is 1. The van der Waals surface area contributed by atoms with Gasteiger partial charge in [0.2, 0.25) is 0 Å². The summed E-state index contributed by atoms with van der Waals surface area (Å²) in [5.74, 6) is 0. The van der Waals surface area contributed by atoms with Crippen molar-refractivity contribution in [1.82, 2.24) is 9.97 Å². The molecule has 0 spiro atoms. The van der Waals surface area contributed by atoms with Gasteiger partial charge in [-0.15, -0.1) is 0 Å². The van der Waals surface area contributed by atoms with Crippen LogP contribution in [0.3, 0.4) is 0 Å². The van der Waals surface area contributed by atoms with E-state index >= 15 is 0 Å². The summed E-state index contributed by atoms with van der Waals surface area (Å²) in [5.41, 5.74) is 5.68. The van der Waals surface area contributed by atoms with E-state index in [1.807, 2.05) is 37.6 Å². The first kappa shape index (κ1) is 15.0. The van der Waals surface area contributed by atoms with Gasteiger partial charge in [0.25, 0.3) is 0 Å². The molecule has 0 saturated heterocycles. The van der Waals surface area contributed by atoms with Gasteiger partial charge in [-0.05, 0) is 53.3 Å². The minimum absolute atomic E-state index is 1.02. The predicted molar refractivity (Wildman–Crippen MR) is 103 cm³/mol. The van der Waals surface area contributed by atoms with E-state index < -0.39 is 0 Å². The third-order valence-corrected chi connectivity index (χ3v) is 4.67. The summed E-state index contributed by atoms with van der Waals surface area (Å²) < 4.78 is 1.08. The number of nitrogens with zero attached hydrogens (tertiary/aromatic N) is 2. The van der Waals surface area contributed by atoms with E-state index in [2.05, 4.69) is 68.4 Å². The van der Waals surface area contributed by atoms with E-state index in [-0.39, 0.29) is 0 Å². The quantitative estimate of drug-likeness (QED) is 0.427. The van der Waals surface area contributed by atoms with E-state index in [0.717, 1.165) is 26.7 Å². The molecule has 0 fully saturated rings. The molecule has 0 amide bonds. The Morgan fingerprint density at radius 1 is 0.792 bits per heavy atom. The first-order valence-electron chi connectivity index (χ1n) is 7.78. The van der Waals surface area contributed by atoms with Crippen LogP contribution >= 0.6 is 15.9 Å². The highest BCUT2D eigenvalue weighted by atomic mass is 79.9. The number of aromatic nitrogens is 2. The van der Waals surface area contributed by atoms with Crippen LogP contribution in [-0.2, 0) is 0 Å². The molecule has 24 heavy (non-hydrogen) atoms. The van der Waals surface area contributed by atoms with Gasteiger partial charge in [0.1, 0.15) is 0 Å². The van der Waals surface area contributed by atoms with Crippen molar-refractivity contribution in [3.63, 3.8) is 0 Å². The summed E-state index contributed by atoms with van der Waals surface area (Å²) in [6.07, 6.45) is 5.71. The fraction of sp³-hybridized carbons (Fsp3) is 0.0476. The van der Waals surface area contributed by atoms with Gasteiger partial charge in [0.05, 0.1) is 0 Å². The number of pyridine rings is 2. The third kappa shape index (κ3) is 2.72. The van der Waals surface area contributed by atoms with Gasteiger partial charge in [0.15, 0.2) is 0 Å². The summed E-state index contributed by atoms with van der Waals surface area (Å²) in [6, 6.07) is 18.9. The Kier molecular flexibility index (Phi) is 3.87. The van der Waals surface area contributed by atoms with Gasteiger partial charge >= 0.3 is 0 Å². The topological polar surface area (TPSA) is 25.8 Å². The number of hydrogen-bond donors (Lipinski definition) is 0. The van der Waals surface area contributed by atoms with Crippen molar-refractivity contribution in [2.75, 3.05) is 0 Å². The predicted octanol–water partition coefficient (Wildman–Crippen LogP) is 6.03. The molecule has 4 rings (SSSR count). The largest absolute Gasteiger partial charge is 0.264 e. The van der Waals surface area contributed by atoms with Gasteiger partial charge in [-0.3, -0.25) is 9.97 Å². The molecule has 116 valence electrons. The fourth-order valence-electron chi connectivity index (χ4n) is 2.98. The molecule has 0 unspecified atom stereocenters. The maximum atomic E-state index is 4.43. The van der Waals surface area contributed by atoms with Gasteiger partial charge in [-0.1, -0.05) is 46.3 Å². The first-order valence-corrected chi connectivity index (χ1v) is 8.57. The maximum Gasteiger partial charge on any atom is 0.0373 e. The third-order valence-electron chi connectivity index (χ3n) is 4.18. The molecule has 0 N–H and O–H groups in total. The molecule has 0 aliphatic heterocycles. The lowest BCUT2D eigenvalue weighted by Crippen LogP contribution is -1.88. The van der Waals surface area contributed by atoms with Gasteiger partial charge in [-0.2, -0.15) is 0 Å². The van der Waals surface area contributed by atoms with Gasteiger partial charge in [0, 0.05) is 39.7 Å². The summed E-state index contributed by atoms with van der Waals surface area (Å²) in [5, 5.41) is 2.34. The normalized spacial score (nSPS) is 10.9.